The van der Waals surface area contributed by atoms with E-state index >= 15 is 0 Å². The third-order valence-corrected chi connectivity index (χ3v) is 6.69. The Balaban J connectivity index is 1.47. The van der Waals surface area contributed by atoms with Gasteiger partial charge in [-0.1, -0.05) is 11.3 Å². The van der Waals surface area contributed by atoms with Crippen molar-refractivity contribution < 1.29 is 13.9 Å². The van der Waals surface area contributed by atoms with Crippen LogP contribution >= 0.6 is 11.3 Å². The monoisotopic (exact) mass is 454 g/mol. The van der Waals surface area contributed by atoms with E-state index in [-0.39, 0.29) is 11.4 Å². The van der Waals surface area contributed by atoms with Crippen molar-refractivity contribution in [3.8, 4) is 5.19 Å². The minimum absolute atomic E-state index is 0.271. The number of carbonyl (C=O) groups excluding carboxylic acids is 1. The number of hydrogen-bond acceptors (Lipinski definition) is 7. The predicted molar refractivity (Wildman–Crippen MR) is 124 cm³/mol. The number of aryl methyl sites for hydroxylation is 1. The number of carbonyl (C=O) groups is 1. The average Bonchev–Trinajstić information content (AvgIpc) is 3.33. The number of benzene rings is 2. The molecule has 5 rings (SSSR count). The molecule has 1 aliphatic rings. The fourth-order valence-electron chi connectivity index (χ4n) is 4.16. The second-order valence-corrected chi connectivity index (χ2v) is 8.94. The molecule has 1 aliphatic heterocycles. The van der Waals surface area contributed by atoms with Gasteiger partial charge < -0.3 is 20.3 Å². The molecule has 10 heteroatoms. The normalized spacial score (nSPS) is 14.2. The van der Waals surface area contributed by atoms with Crippen molar-refractivity contribution in [2.45, 2.75) is 0 Å². The minimum Gasteiger partial charge on any atom is -0.473 e. The number of amides is 1. The van der Waals surface area contributed by atoms with Crippen LogP contribution in [0, 0.1) is 11.7 Å². The SMILES string of the molecule is CNCC1CN(c2ccc(C(=O)Nc3cc(F)c4nn(C)cc4c3)c3nc(OC)sc23)C1. The summed E-state index contributed by atoms with van der Waals surface area (Å²) in [6.45, 7) is 2.88. The Labute approximate surface area is 188 Å². The fraction of sp³-hybridized carbons (Fsp3) is 0.318. The van der Waals surface area contributed by atoms with Gasteiger partial charge in [-0.2, -0.15) is 5.10 Å². The number of halogens is 1. The molecule has 0 saturated carbocycles. The summed E-state index contributed by atoms with van der Waals surface area (Å²) in [5, 5.41) is 11.2. The van der Waals surface area contributed by atoms with Crippen LogP contribution in [0.3, 0.4) is 0 Å². The molecule has 2 aromatic carbocycles. The minimum atomic E-state index is -0.483. The van der Waals surface area contributed by atoms with Crippen LogP contribution in [0.5, 0.6) is 5.19 Å². The molecular formula is C22H23FN6O2S. The molecule has 4 aromatic rings. The summed E-state index contributed by atoms with van der Waals surface area (Å²) in [7, 11) is 5.25. The van der Waals surface area contributed by atoms with E-state index in [1.54, 1.807) is 37.2 Å². The molecule has 0 unspecified atom stereocenters. The van der Waals surface area contributed by atoms with Gasteiger partial charge in [-0.3, -0.25) is 9.48 Å². The number of rotatable bonds is 6. The Kier molecular flexibility index (Phi) is 5.18. The van der Waals surface area contributed by atoms with Crippen molar-refractivity contribution in [2.75, 3.05) is 44.0 Å². The third-order valence-electron chi connectivity index (χ3n) is 5.65. The molecule has 1 amide bonds. The molecule has 166 valence electrons. The summed E-state index contributed by atoms with van der Waals surface area (Å²) in [5.41, 5.74) is 2.69. The average molecular weight is 455 g/mol. The smallest absolute Gasteiger partial charge is 0.274 e. The molecule has 32 heavy (non-hydrogen) atoms. The van der Waals surface area contributed by atoms with Crippen LogP contribution < -0.4 is 20.3 Å². The quantitative estimate of drug-likeness (QED) is 0.465. The molecule has 2 aromatic heterocycles. The highest BCUT2D eigenvalue weighted by Crippen LogP contribution is 2.39. The largest absolute Gasteiger partial charge is 0.473 e. The molecule has 1 fully saturated rings. The highest BCUT2D eigenvalue weighted by atomic mass is 32.1. The van der Waals surface area contributed by atoms with E-state index in [2.05, 4.69) is 25.6 Å². The summed E-state index contributed by atoms with van der Waals surface area (Å²) < 4.78 is 22.2. The Bertz CT molecular complexity index is 1330. The van der Waals surface area contributed by atoms with Crippen LogP contribution in [0.2, 0.25) is 0 Å². The summed E-state index contributed by atoms with van der Waals surface area (Å²) >= 11 is 1.42. The lowest BCUT2D eigenvalue weighted by molar-refractivity contribution is 0.102. The summed E-state index contributed by atoms with van der Waals surface area (Å²) in [4.78, 5) is 19.9. The van der Waals surface area contributed by atoms with Gasteiger partial charge in [-0.15, -0.1) is 0 Å². The number of thiazole rings is 1. The van der Waals surface area contributed by atoms with E-state index in [9.17, 15) is 9.18 Å². The zero-order valence-electron chi connectivity index (χ0n) is 18.0. The summed E-state index contributed by atoms with van der Waals surface area (Å²) in [5.74, 6) is -0.234. The van der Waals surface area contributed by atoms with Gasteiger partial charge in [-0.05, 0) is 31.3 Å². The standard InChI is InChI=1S/C22H23FN6O2S/c1-24-8-12-9-29(10-12)17-5-4-15(19-20(17)32-22(26-19)31-3)21(30)25-14-6-13-11-28(2)27-18(13)16(23)7-14/h4-7,11-12,24H,8-10H2,1-3H3,(H,25,30). The van der Waals surface area contributed by atoms with Crippen LogP contribution in [0.1, 0.15) is 10.4 Å². The van der Waals surface area contributed by atoms with Crippen molar-refractivity contribution in [1.29, 1.82) is 0 Å². The lowest BCUT2D eigenvalue weighted by atomic mass is 9.98. The number of hydrogen-bond donors (Lipinski definition) is 2. The molecule has 0 radical (unpaired) electrons. The van der Waals surface area contributed by atoms with Crippen molar-refractivity contribution in [3.05, 3.63) is 41.8 Å². The third kappa shape index (κ3) is 3.55. The second-order valence-electron chi connectivity index (χ2n) is 7.98. The Morgan fingerprint density at radius 3 is 2.88 bits per heavy atom. The van der Waals surface area contributed by atoms with Crippen molar-refractivity contribution in [1.82, 2.24) is 20.1 Å². The highest BCUT2D eigenvalue weighted by molar-refractivity contribution is 7.21. The lowest BCUT2D eigenvalue weighted by Crippen LogP contribution is -2.50. The van der Waals surface area contributed by atoms with Crippen LogP contribution in [-0.4, -0.2) is 54.5 Å². The Morgan fingerprint density at radius 2 is 2.12 bits per heavy atom. The number of nitrogens with zero attached hydrogens (tertiary/aromatic N) is 4. The van der Waals surface area contributed by atoms with Gasteiger partial charge in [0.05, 0.1) is 23.1 Å². The number of methoxy groups -OCH3 is 1. The van der Waals surface area contributed by atoms with Gasteiger partial charge in [0, 0.05) is 49.9 Å². The summed E-state index contributed by atoms with van der Waals surface area (Å²) in [6, 6.07) is 6.72. The van der Waals surface area contributed by atoms with Gasteiger partial charge in [-0.25, -0.2) is 9.37 Å². The number of fused-ring (bicyclic) bond motifs is 2. The topological polar surface area (TPSA) is 84.3 Å². The first-order valence-electron chi connectivity index (χ1n) is 10.3. The van der Waals surface area contributed by atoms with Gasteiger partial charge >= 0.3 is 0 Å². The maximum Gasteiger partial charge on any atom is 0.274 e. The lowest BCUT2D eigenvalue weighted by Gasteiger charge is -2.41. The molecule has 8 nitrogen and oxygen atoms in total. The number of aromatic nitrogens is 3. The molecule has 0 atom stereocenters. The molecule has 0 spiro atoms. The highest BCUT2D eigenvalue weighted by Gasteiger charge is 2.29. The van der Waals surface area contributed by atoms with Gasteiger partial charge in [0.2, 0.25) is 0 Å². The van der Waals surface area contributed by atoms with E-state index in [1.807, 2.05) is 13.1 Å². The maximum absolute atomic E-state index is 14.4. The van der Waals surface area contributed by atoms with Crippen molar-refractivity contribution in [3.63, 3.8) is 0 Å². The molecule has 1 saturated heterocycles. The maximum atomic E-state index is 14.4. The number of ether oxygens (including phenoxy) is 1. The van der Waals surface area contributed by atoms with E-state index in [1.165, 1.54) is 17.4 Å². The van der Waals surface area contributed by atoms with E-state index < -0.39 is 5.82 Å². The van der Waals surface area contributed by atoms with Crippen LogP contribution in [0.25, 0.3) is 21.1 Å². The Hall–Kier alpha value is -3.24. The van der Waals surface area contributed by atoms with E-state index in [0.29, 0.717) is 33.3 Å². The molecule has 0 aliphatic carbocycles. The molecule has 3 heterocycles. The van der Waals surface area contributed by atoms with Gasteiger partial charge in [0.25, 0.3) is 11.1 Å². The number of anilines is 2. The first-order chi connectivity index (χ1) is 15.5. The zero-order chi connectivity index (χ0) is 22.4. The van der Waals surface area contributed by atoms with E-state index in [0.717, 1.165) is 30.0 Å². The zero-order valence-corrected chi connectivity index (χ0v) is 18.8. The first kappa shape index (κ1) is 20.7. The van der Waals surface area contributed by atoms with Gasteiger partial charge in [0.15, 0.2) is 5.82 Å². The Morgan fingerprint density at radius 1 is 1.31 bits per heavy atom. The van der Waals surface area contributed by atoms with Crippen molar-refractivity contribution >= 4 is 49.7 Å². The first-order valence-corrected chi connectivity index (χ1v) is 11.1. The molecule has 0 bridgehead atoms. The van der Waals surface area contributed by atoms with Crippen LogP contribution in [-0.2, 0) is 7.05 Å². The predicted octanol–water partition coefficient (Wildman–Crippen LogP) is 3.24. The summed E-state index contributed by atoms with van der Waals surface area (Å²) in [6.07, 6.45) is 1.71. The molecular weight excluding hydrogens is 431 g/mol. The van der Waals surface area contributed by atoms with Crippen LogP contribution in [0.4, 0.5) is 15.8 Å². The number of nitrogens with one attached hydrogen (secondary N) is 2. The van der Waals surface area contributed by atoms with E-state index in [4.69, 9.17) is 4.74 Å². The van der Waals surface area contributed by atoms with Crippen LogP contribution in [0.15, 0.2) is 30.5 Å². The fourth-order valence-corrected chi connectivity index (χ4v) is 5.11. The van der Waals surface area contributed by atoms with Gasteiger partial charge in [0.1, 0.15) is 11.0 Å². The second kappa shape index (κ2) is 8.03. The molecule has 2 N–H and O–H groups in total. The van der Waals surface area contributed by atoms with Crippen molar-refractivity contribution in [2.24, 2.45) is 13.0 Å².